The third kappa shape index (κ3) is 5.15. The molecule has 0 heterocycles. The summed E-state index contributed by atoms with van der Waals surface area (Å²) in [4.78, 5) is 0.838. The lowest BCUT2D eigenvalue weighted by molar-refractivity contribution is 0.289. The molecule has 0 saturated carbocycles. The minimum atomic E-state index is 0.490. The van der Waals surface area contributed by atoms with Crippen LogP contribution in [0.3, 0.4) is 0 Å². The highest BCUT2D eigenvalue weighted by Crippen LogP contribution is 2.32. The van der Waals surface area contributed by atoms with Crippen LogP contribution in [0.1, 0.15) is 51.2 Å². The minimum Gasteiger partial charge on any atom is -0.493 e. The fourth-order valence-corrected chi connectivity index (χ4v) is 2.02. The number of hydrogen-bond acceptors (Lipinski definition) is 3. The molecule has 0 aliphatic rings. The van der Waals surface area contributed by atoms with Gasteiger partial charge in [0.1, 0.15) is 5.75 Å². The maximum Gasteiger partial charge on any atom is 0.127 e. The van der Waals surface area contributed by atoms with E-state index in [0.29, 0.717) is 11.8 Å². The zero-order valence-corrected chi connectivity index (χ0v) is 14.0. The zero-order chi connectivity index (χ0) is 14.4. The van der Waals surface area contributed by atoms with Crippen LogP contribution in [0.4, 0.5) is 0 Å². The Labute approximate surface area is 128 Å². The van der Waals surface area contributed by atoms with Crippen molar-refractivity contribution < 1.29 is 4.74 Å². The molecule has 0 bridgehead atoms. The second-order valence-electron chi connectivity index (χ2n) is 5.46. The first-order valence-corrected chi connectivity index (χ1v) is 7.72. The van der Waals surface area contributed by atoms with Gasteiger partial charge < -0.3 is 4.74 Å². The van der Waals surface area contributed by atoms with Gasteiger partial charge in [0.25, 0.3) is 0 Å². The van der Waals surface area contributed by atoms with Gasteiger partial charge in [0, 0.05) is 10.5 Å². The Morgan fingerprint density at radius 1 is 1.26 bits per heavy atom. The summed E-state index contributed by atoms with van der Waals surface area (Å²) >= 11 is 8.66. The third-order valence-corrected chi connectivity index (χ3v) is 3.85. The Morgan fingerprint density at radius 2 is 1.95 bits per heavy atom. The van der Waals surface area contributed by atoms with Crippen molar-refractivity contribution in [2.75, 3.05) is 6.61 Å². The highest BCUT2D eigenvalue weighted by molar-refractivity contribution is 7.92. The van der Waals surface area contributed by atoms with Crippen molar-refractivity contribution in [2.45, 2.75) is 40.0 Å². The standard InChI is InChI=1S/C16H24OS2/c1-11(2)7-8-17-15-6-5-13(12(3)4)9-14(15)16(19)10-18/h5-6,9-12,18-19H,7-8H2,1-4H3/b16-10-. The van der Waals surface area contributed by atoms with Gasteiger partial charge in [-0.15, -0.1) is 12.6 Å². The summed E-state index contributed by atoms with van der Waals surface area (Å²) in [5, 5.41) is 1.71. The van der Waals surface area contributed by atoms with Gasteiger partial charge in [-0.1, -0.05) is 33.8 Å². The van der Waals surface area contributed by atoms with E-state index in [-0.39, 0.29) is 0 Å². The highest BCUT2D eigenvalue weighted by Gasteiger charge is 2.10. The van der Waals surface area contributed by atoms with Crippen molar-refractivity contribution >= 4 is 30.2 Å². The molecule has 0 atom stereocenters. The quantitative estimate of drug-likeness (QED) is 0.669. The molecule has 19 heavy (non-hydrogen) atoms. The smallest absolute Gasteiger partial charge is 0.127 e. The molecule has 0 aliphatic carbocycles. The number of thiol groups is 2. The average molecular weight is 297 g/mol. The highest BCUT2D eigenvalue weighted by atomic mass is 32.1. The van der Waals surface area contributed by atoms with Gasteiger partial charge >= 0.3 is 0 Å². The Morgan fingerprint density at radius 3 is 2.47 bits per heavy atom. The molecule has 0 fully saturated rings. The molecule has 1 aromatic rings. The van der Waals surface area contributed by atoms with Crippen LogP contribution >= 0.6 is 25.3 Å². The van der Waals surface area contributed by atoms with Gasteiger partial charge in [-0.2, -0.15) is 12.6 Å². The summed E-state index contributed by atoms with van der Waals surface area (Å²) in [6, 6.07) is 6.31. The van der Waals surface area contributed by atoms with Crippen LogP contribution in [0.5, 0.6) is 5.75 Å². The number of benzene rings is 1. The van der Waals surface area contributed by atoms with E-state index < -0.39 is 0 Å². The van der Waals surface area contributed by atoms with E-state index in [9.17, 15) is 0 Å². The molecule has 0 aromatic heterocycles. The third-order valence-electron chi connectivity index (χ3n) is 3.02. The summed E-state index contributed by atoms with van der Waals surface area (Å²) in [5.41, 5.74) is 2.31. The lowest BCUT2D eigenvalue weighted by Crippen LogP contribution is -2.03. The first-order chi connectivity index (χ1) is 8.95. The molecule has 0 spiro atoms. The van der Waals surface area contributed by atoms with E-state index in [1.165, 1.54) is 5.56 Å². The molecule has 0 unspecified atom stereocenters. The molecule has 0 amide bonds. The molecule has 1 rings (SSSR count). The maximum absolute atomic E-state index is 5.88. The van der Waals surface area contributed by atoms with Crippen molar-refractivity contribution in [3.63, 3.8) is 0 Å². The van der Waals surface area contributed by atoms with Crippen LogP contribution in [-0.4, -0.2) is 6.61 Å². The molecule has 3 heteroatoms. The molecule has 0 saturated heterocycles. The topological polar surface area (TPSA) is 9.23 Å². The SMILES string of the molecule is CC(C)CCOc1ccc(C(C)C)cc1/C(S)=C/S. The number of rotatable bonds is 6. The van der Waals surface area contributed by atoms with Crippen LogP contribution in [0, 0.1) is 5.92 Å². The Balaban J connectivity index is 2.96. The summed E-state index contributed by atoms with van der Waals surface area (Å²) in [5.74, 6) is 2.03. The Hall–Kier alpha value is -0.540. The minimum absolute atomic E-state index is 0.490. The number of ether oxygens (including phenoxy) is 1. The van der Waals surface area contributed by atoms with Crippen molar-refractivity contribution in [3.05, 3.63) is 34.7 Å². The molecule has 1 nitrogen and oxygen atoms in total. The monoisotopic (exact) mass is 296 g/mol. The Bertz CT molecular complexity index is 436. The first kappa shape index (κ1) is 16.5. The van der Waals surface area contributed by atoms with Gasteiger partial charge in [-0.3, -0.25) is 0 Å². The zero-order valence-electron chi connectivity index (χ0n) is 12.2. The van der Waals surface area contributed by atoms with Crippen molar-refractivity contribution in [1.82, 2.24) is 0 Å². The van der Waals surface area contributed by atoms with Crippen LogP contribution in [0.25, 0.3) is 4.91 Å². The summed E-state index contributed by atoms with van der Waals surface area (Å²) in [7, 11) is 0. The summed E-state index contributed by atoms with van der Waals surface area (Å²) in [6.07, 6.45) is 1.05. The van der Waals surface area contributed by atoms with Crippen LogP contribution in [0.2, 0.25) is 0 Å². The predicted molar refractivity (Wildman–Crippen MR) is 91.4 cm³/mol. The second-order valence-corrected chi connectivity index (χ2v) is 6.20. The first-order valence-electron chi connectivity index (χ1n) is 6.76. The van der Waals surface area contributed by atoms with E-state index in [1.54, 1.807) is 5.41 Å². The van der Waals surface area contributed by atoms with Crippen molar-refractivity contribution in [3.8, 4) is 5.75 Å². The van der Waals surface area contributed by atoms with Crippen molar-refractivity contribution in [1.29, 1.82) is 0 Å². The maximum atomic E-state index is 5.88. The van der Waals surface area contributed by atoms with Gasteiger partial charge in [0.15, 0.2) is 0 Å². The molecule has 0 aliphatic heterocycles. The van der Waals surface area contributed by atoms with Gasteiger partial charge in [-0.05, 0) is 41.4 Å². The number of hydrogen-bond donors (Lipinski definition) is 2. The van der Waals surface area contributed by atoms with E-state index in [0.717, 1.165) is 29.2 Å². The van der Waals surface area contributed by atoms with Crippen molar-refractivity contribution in [2.24, 2.45) is 5.92 Å². The van der Waals surface area contributed by atoms with Gasteiger partial charge in [0.05, 0.1) is 6.61 Å². The molecular weight excluding hydrogens is 272 g/mol. The fraction of sp³-hybridized carbons (Fsp3) is 0.500. The fourth-order valence-electron chi connectivity index (χ4n) is 1.71. The molecule has 0 radical (unpaired) electrons. The van der Waals surface area contributed by atoms with Crippen LogP contribution in [0.15, 0.2) is 23.6 Å². The summed E-state index contributed by atoms with van der Waals surface area (Å²) in [6.45, 7) is 9.49. The lowest BCUT2D eigenvalue weighted by Gasteiger charge is -2.15. The molecule has 0 N–H and O–H groups in total. The van der Waals surface area contributed by atoms with Crippen LogP contribution in [-0.2, 0) is 0 Å². The average Bonchev–Trinajstić information content (AvgIpc) is 2.37. The van der Waals surface area contributed by atoms with Gasteiger partial charge in [-0.25, -0.2) is 0 Å². The van der Waals surface area contributed by atoms with Crippen LogP contribution < -0.4 is 4.74 Å². The molecule has 1 aromatic carbocycles. The lowest BCUT2D eigenvalue weighted by atomic mass is 10.00. The summed E-state index contributed by atoms with van der Waals surface area (Å²) < 4.78 is 5.88. The largest absolute Gasteiger partial charge is 0.493 e. The van der Waals surface area contributed by atoms with E-state index in [2.05, 4.69) is 65.1 Å². The Kier molecular flexibility index (Phi) is 6.87. The van der Waals surface area contributed by atoms with E-state index in [4.69, 9.17) is 4.74 Å². The second kappa shape index (κ2) is 7.91. The van der Waals surface area contributed by atoms with E-state index in [1.807, 2.05) is 6.07 Å². The molecule has 106 valence electrons. The van der Waals surface area contributed by atoms with E-state index >= 15 is 0 Å². The van der Waals surface area contributed by atoms with Gasteiger partial charge in [0.2, 0.25) is 0 Å². The predicted octanol–water partition coefficient (Wildman–Crippen LogP) is 5.39. The molecular formula is C16H24OS2. The normalized spacial score (nSPS) is 12.3.